The van der Waals surface area contributed by atoms with E-state index in [2.05, 4.69) is 15.7 Å². The predicted octanol–water partition coefficient (Wildman–Crippen LogP) is 5.84. The highest BCUT2D eigenvalue weighted by molar-refractivity contribution is 7.80. The second-order valence-electron chi connectivity index (χ2n) is 5.28. The first kappa shape index (κ1) is 18.9. The van der Waals surface area contributed by atoms with Crippen molar-refractivity contribution < 1.29 is 4.39 Å². The van der Waals surface area contributed by atoms with Crippen molar-refractivity contribution in [2.24, 2.45) is 0 Å². The summed E-state index contributed by atoms with van der Waals surface area (Å²) in [6.07, 6.45) is 1.56. The molecule has 2 N–H and O–H groups in total. The van der Waals surface area contributed by atoms with E-state index in [9.17, 15) is 4.39 Å². The molecule has 0 bridgehead atoms. The molecule has 3 aromatic rings. The summed E-state index contributed by atoms with van der Waals surface area (Å²) in [6, 6.07) is 11.7. The Kier molecular flexibility index (Phi) is 5.98. The van der Waals surface area contributed by atoms with Crippen LogP contribution >= 0.6 is 47.0 Å². The minimum atomic E-state index is -0.408. The SMILES string of the molecule is Fc1cccc(Cl)c1Cn1cc(Cl)c(NC(=S)Nc2ccccc2Cl)n1. The van der Waals surface area contributed by atoms with Crippen molar-refractivity contribution in [2.75, 3.05) is 10.6 Å². The van der Waals surface area contributed by atoms with Crippen LogP contribution in [0.5, 0.6) is 0 Å². The fraction of sp³-hybridized carbons (Fsp3) is 0.0588. The fourth-order valence-electron chi connectivity index (χ4n) is 2.23. The van der Waals surface area contributed by atoms with Crippen LogP contribution in [0.15, 0.2) is 48.7 Å². The zero-order chi connectivity index (χ0) is 18.7. The van der Waals surface area contributed by atoms with Crippen molar-refractivity contribution >= 4 is 63.6 Å². The summed E-state index contributed by atoms with van der Waals surface area (Å²) < 4.78 is 15.4. The third-order valence-corrected chi connectivity index (χ3v) is 4.62. The summed E-state index contributed by atoms with van der Waals surface area (Å²) in [6.45, 7) is 0.137. The van der Waals surface area contributed by atoms with Gasteiger partial charge in [0, 0.05) is 16.8 Å². The van der Waals surface area contributed by atoms with E-state index in [0.29, 0.717) is 32.1 Å². The number of hydrogen-bond acceptors (Lipinski definition) is 2. The van der Waals surface area contributed by atoms with Gasteiger partial charge in [-0.1, -0.05) is 53.0 Å². The van der Waals surface area contributed by atoms with Crippen LogP contribution in [0.1, 0.15) is 5.56 Å². The lowest BCUT2D eigenvalue weighted by atomic mass is 10.2. The van der Waals surface area contributed by atoms with Gasteiger partial charge in [-0.25, -0.2) is 4.39 Å². The second kappa shape index (κ2) is 8.22. The van der Waals surface area contributed by atoms with E-state index in [4.69, 9.17) is 47.0 Å². The summed E-state index contributed by atoms with van der Waals surface area (Å²) in [5, 5.41) is 11.6. The predicted molar refractivity (Wildman–Crippen MR) is 109 cm³/mol. The highest BCUT2D eigenvalue weighted by Crippen LogP contribution is 2.25. The van der Waals surface area contributed by atoms with Crippen LogP contribution in [0.25, 0.3) is 0 Å². The Labute approximate surface area is 169 Å². The van der Waals surface area contributed by atoms with Gasteiger partial charge in [0.05, 0.1) is 17.3 Å². The molecule has 1 aromatic heterocycles. The Hall–Kier alpha value is -1.86. The summed E-state index contributed by atoms with van der Waals surface area (Å²) in [4.78, 5) is 0. The van der Waals surface area contributed by atoms with Crippen molar-refractivity contribution in [3.8, 4) is 0 Å². The Balaban J connectivity index is 1.72. The Morgan fingerprint density at radius 1 is 1.00 bits per heavy atom. The highest BCUT2D eigenvalue weighted by atomic mass is 35.5. The summed E-state index contributed by atoms with van der Waals surface area (Å²) >= 11 is 23.6. The van der Waals surface area contributed by atoms with Crippen LogP contribution in [0.4, 0.5) is 15.9 Å². The summed E-state index contributed by atoms with van der Waals surface area (Å²) in [7, 11) is 0. The molecule has 4 nitrogen and oxygen atoms in total. The van der Waals surface area contributed by atoms with E-state index in [0.717, 1.165) is 0 Å². The monoisotopic (exact) mass is 428 g/mol. The minimum Gasteiger partial charge on any atom is -0.331 e. The van der Waals surface area contributed by atoms with Gasteiger partial charge >= 0.3 is 0 Å². The van der Waals surface area contributed by atoms with Crippen molar-refractivity contribution in [1.82, 2.24) is 9.78 Å². The third kappa shape index (κ3) is 4.45. The smallest absolute Gasteiger partial charge is 0.176 e. The maximum atomic E-state index is 13.9. The largest absolute Gasteiger partial charge is 0.331 e. The molecule has 26 heavy (non-hydrogen) atoms. The van der Waals surface area contributed by atoms with Crippen LogP contribution in [0, 0.1) is 5.82 Å². The summed E-state index contributed by atoms with van der Waals surface area (Å²) in [5.41, 5.74) is 0.983. The zero-order valence-corrected chi connectivity index (χ0v) is 16.2. The number of benzene rings is 2. The van der Waals surface area contributed by atoms with Crippen LogP contribution in [-0.2, 0) is 6.54 Å². The Morgan fingerprint density at radius 2 is 1.73 bits per heavy atom. The average molecular weight is 430 g/mol. The molecule has 0 unspecified atom stereocenters. The maximum absolute atomic E-state index is 13.9. The average Bonchev–Trinajstić information content (AvgIpc) is 2.93. The maximum Gasteiger partial charge on any atom is 0.176 e. The van der Waals surface area contributed by atoms with Gasteiger partial charge in [-0.2, -0.15) is 5.10 Å². The first-order chi connectivity index (χ1) is 12.4. The lowest BCUT2D eigenvalue weighted by Crippen LogP contribution is -2.20. The molecule has 1 heterocycles. The number of nitrogens with zero attached hydrogens (tertiary/aromatic N) is 2. The highest BCUT2D eigenvalue weighted by Gasteiger charge is 2.13. The molecule has 2 aromatic carbocycles. The fourth-order valence-corrected chi connectivity index (χ4v) is 3.04. The van der Waals surface area contributed by atoms with Gasteiger partial charge in [0.1, 0.15) is 10.8 Å². The molecule has 0 aliphatic rings. The molecule has 0 amide bonds. The Morgan fingerprint density at radius 3 is 2.46 bits per heavy atom. The van der Waals surface area contributed by atoms with Gasteiger partial charge in [-0.05, 0) is 36.5 Å². The van der Waals surface area contributed by atoms with Gasteiger partial charge in [0.25, 0.3) is 0 Å². The van der Waals surface area contributed by atoms with E-state index < -0.39 is 5.82 Å². The van der Waals surface area contributed by atoms with Gasteiger partial charge in [-0.3, -0.25) is 4.68 Å². The first-order valence-corrected chi connectivity index (χ1v) is 8.96. The van der Waals surface area contributed by atoms with Crippen LogP contribution < -0.4 is 10.6 Å². The van der Waals surface area contributed by atoms with Crippen molar-refractivity contribution in [1.29, 1.82) is 0 Å². The summed E-state index contributed by atoms with van der Waals surface area (Å²) in [5.74, 6) is -0.0711. The van der Waals surface area contributed by atoms with Crippen molar-refractivity contribution in [2.45, 2.75) is 6.54 Å². The molecule has 0 radical (unpaired) electrons. The molecular formula is C17H12Cl3FN4S. The number of rotatable bonds is 4. The molecule has 134 valence electrons. The van der Waals surface area contributed by atoms with E-state index in [1.54, 1.807) is 30.5 Å². The molecule has 0 aliphatic heterocycles. The Bertz CT molecular complexity index is 941. The molecule has 0 saturated heterocycles. The zero-order valence-electron chi connectivity index (χ0n) is 13.1. The third-order valence-electron chi connectivity index (χ3n) is 3.45. The molecule has 0 spiro atoms. The number of aromatic nitrogens is 2. The van der Waals surface area contributed by atoms with Crippen molar-refractivity contribution in [3.05, 3.63) is 75.1 Å². The van der Waals surface area contributed by atoms with Gasteiger partial charge in [0.15, 0.2) is 10.9 Å². The molecule has 9 heteroatoms. The molecular weight excluding hydrogens is 418 g/mol. The minimum absolute atomic E-state index is 0.137. The topological polar surface area (TPSA) is 41.9 Å². The normalized spacial score (nSPS) is 10.6. The molecule has 0 saturated carbocycles. The number of halogens is 4. The standard InChI is InChI=1S/C17H12Cl3FN4S/c18-11-5-3-6-14(21)10(11)8-25-9-13(20)16(24-25)23-17(26)22-15-7-2-1-4-12(15)19/h1-7,9H,8H2,(H2,22,23,24,26). The van der Waals surface area contributed by atoms with Gasteiger partial charge in [-0.15, -0.1) is 0 Å². The first-order valence-electron chi connectivity index (χ1n) is 7.42. The number of anilines is 2. The number of thiocarbonyl (C=S) groups is 1. The van der Waals surface area contributed by atoms with E-state index in [1.165, 1.54) is 10.7 Å². The second-order valence-corrected chi connectivity index (χ2v) is 6.91. The van der Waals surface area contributed by atoms with Crippen LogP contribution in [0.2, 0.25) is 15.1 Å². The van der Waals surface area contributed by atoms with Crippen LogP contribution in [0.3, 0.4) is 0 Å². The van der Waals surface area contributed by atoms with Crippen LogP contribution in [-0.4, -0.2) is 14.9 Å². The van der Waals surface area contributed by atoms with Gasteiger partial charge < -0.3 is 10.6 Å². The lowest BCUT2D eigenvalue weighted by molar-refractivity contribution is 0.586. The van der Waals surface area contributed by atoms with Gasteiger partial charge in [0.2, 0.25) is 0 Å². The van der Waals surface area contributed by atoms with E-state index in [1.807, 2.05) is 12.1 Å². The molecule has 0 atom stereocenters. The van der Waals surface area contributed by atoms with Crippen molar-refractivity contribution in [3.63, 3.8) is 0 Å². The number of para-hydroxylation sites is 1. The number of hydrogen-bond donors (Lipinski definition) is 2. The number of nitrogens with one attached hydrogen (secondary N) is 2. The lowest BCUT2D eigenvalue weighted by Gasteiger charge is -2.10. The molecule has 0 aliphatic carbocycles. The van der Waals surface area contributed by atoms with E-state index in [-0.39, 0.29) is 11.7 Å². The molecule has 0 fully saturated rings. The van der Waals surface area contributed by atoms with E-state index >= 15 is 0 Å². The quantitative estimate of drug-likeness (QED) is 0.511. The molecule has 3 rings (SSSR count).